The minimum Gasteiger partial charge on any atom is -0.392 e. The number of benzene rings is 1. The normalized spacial score (nSPS) is 11.4. The summed E-state index contributed by atoms with van der Waals surface area (Å²) in [6.45, 7) is 1.67. The van der Waals surface area contributed by atoms with Crippen LogP contribution in [0.15, 0.2) is 40.9 Å². The Hall–Kier alpha value is -1.44. The van der Waals surface area contributed by atoms with Gasteiger partial charge < -0.3 is 5.11 Å². The Morgan fingerprint density at radius 1 is 1.24 bits per heavy atom. The number of halogens is 1. The number of nitrogens with zero attached hydrogens (tertiary/aromatic N) is 1. The predicted molar refractivity (Wildman–Crippen MR) is 85.3 cm³/mol. The van der Waals surface area contributed by atoms with Gasteiger partial charge in [0.25, 0.3) is 0 Å². The highest BCUT2D eigenvalue weighted by Gasteiger charge is 2.13. The van der Waals surface area contributed by atoms with E-state index >= 15 is 0 Å². The molecule has 1 heterocycles. The first-order chi connectivity index (χ1) is 9.89. The van der Waals surface area contributed by atoms with Crippen LogP contribution in [-0.4, -0.2) is 18.5 Å². The Kier molecular flexibility index (Phi) is 4.97. The molecule has 5 nitrogen and oxygen atoms in total. The van der Waals surface area contributed by atoms with Crippen molar-refractivity contribution in [2.24, 2.45) is 0 Å². The second-order valence-corrected chi connectivity index (χ2v) is 7.18. The molecule has 0 aliphatic carbocycles. The lowest BCUT2D eigenvalue weighted by Crippen LogP contribution is -2.16. The van der Waals surface area contributed by atoms with Crippen LogP contribution in [0.2, 0.25) is 0 Å². The maximum atomic E-state index is 12.1. The van der Waals surface area contributed by atoms with E-state index in [-0.39, 0.29) is 18.2 Å². The van der Waals surface area contributed by atoms with Gasteiger partial charge in [-0.1, -0.05) is 24.3 Å². The van der Waals surface area contributed by atoms with Crippen LogP contribution < -0.4 is 4.72 Å². The molecule has 0 spiro atoms. The van der Waals surface area contributed by atoms with E-state index in [1.165, 1.54) is 0 Å². The SMILES string of the molecule is Cc1nc(NS(=O)(=O)Cc2cccc(CO)c2)ccc1Br. The van der Waals surface area contributed by atoms with E-state index in [1.807, 2.05) is 0 Å². The first-order valence-electron chi connectivity index (χ1n) is 6.22. The number of aromatic nitrogens is 1. The van der Waals surface area contributed by atoms with Gasteiger partial charge in [0.2, 0.25) is 10.0 Å². The Morgan fingerprint density at radius 2 is 1.95 bits per heavy atom. The predicted octanol–water partition coefficient (Wildman–Crippen LogP) is 2.59. The topological polar surface area (TPSA) is 79.3 Å². The summed E-state index contributed by atoms with van der Waals surface area (Å²) < 4.78 is 27.6. The van der Waals surface area contributed by atoms with Gasteiger partial charge in [-0.2, -0.15) is 0 Å². The highest BCUT2D eigenvalue weighted by Crippen LogP contribution is 2.18. The first kappa shape index (κ1) is 15.9. The second-order valence-electron chi connectivity index (χ2n) is 4.60. The van der Waals surface area contributed by atoms with Crippen molar-refractivity contribution in [3.05, 3.63) is 57.7 Å². The van der Waals surface area contributed by atoms with Crippen LogP contribution >= 0.6 is 15.9 Å². The smallest absolute Gasteiger partial charge is 0.238 e. The Morgan fingerprint density at radius 3 is 2.62 bits per heavy atom. The molecular formula is C14H15BrN2O3S. The van der Waals surface area contributed by atoms with E-state index in [1.54, 1.807) is 43.3 Å². The molecule has 2 N–H and O–H groups in total. The third-order valence-corrected chi connectivity index (χ3v) is 4.88. The van der Waals surface area contributed by atoms with Crippen molar-refractivity contribution in [3.8, 4) is 0 Å². The van der Waals surface area contributed by atoms with Crippen LogP contribution in [0.1, 0.15) is 16.8 Å². The fraction of sp³-hybridized carbons (Fsp3) is 0.214. The van der Waals surface area contributed by atoms with Crippen LogP contribution in [0.25, 0.3) is 0 Å². The summed E-state index contributed by atoms with van der Waals surface area (Å²) in [5.41, 5.74) is 2.00. The van der Waals surface area contributed by atoms with Gasteiger partial charge in [0.1, 0.15) is 5.82 Å². The van der Waals surface area contributed by atoms with Crippen LogP contribution in [0.5, 0.6) is 0 Å². The molecular weight excluding hydrogens is 356 g/mol. The highest BCUT2D eigenvalue weighted by molar-refractivity contribution is 9.10. The van der Waals surface area contributed by atoms with Gasteiger partial charge in [0, 0.05) is 4.47 Å². The summed E-state index contributed by atoms with van der Waals surface area (Å²) in [5, 5.41) is 9.07. The maximum absolute atomic E-state index is 12.1. The second kappa shape index (κ2) is 6.55. The number of aliphatic hydroxyl groups is 1. The molecule has 0 radical (unpaired) electrons. The first-order valence-corrected chi connectivity index (χ1v) is 8.66. The van der Waals surface area contributed by atoms with E-state index in [9.17, 15) is 8.42 Å². The van der Waals surface area contributed by atoms with E-state index in [4.69, 9.17) is 5.11 Å². The van der Waals surface area contributed by atoms with Crippen molar-refractivity contribution in [2.45, 2.75) is 19.3 Å². The summed E-state index contributed by atoms with van der Waals surface area (Å²) in [6, 6.07) is 10.2. The Labute approximate surface area is 132 Å². The van der Waals surface area contributed by atoms with Crippen molar-refractivity contribution >= 4 is 31.8 Å². The molecule has 112 valence electrons. The Bertz CT molecular complexity index is 748. The molecule has 0 aliphatic rings. The molecule has 1 aromatic carbocycles. The zero-order chi connectivity index (χ0) is 15.5. The van der Waals surface area contributed by atoms with Crippen molar-refractivity contribution < 1.29 is 13.5 Å². The maximum Gasteiger partial charge on any atom is 0.238 e. The van der Waals surface area contributed by atoms with Crippen molar-refractivity contribution in [3.63, 3.8) is 0 Å². The molecule has 0 unspecified atom stereocenters. The van der Waals surface area contributed by atoms with Gasteiger partial charge in [-0.05, 0) is 46.1 Å². The molecule has 0 aliphatic heterocycles. The molecule has 7 heteroatoms. The standard InChI is InChI=1S/C14H15BrN2O3S/c1-10-13(15)5-6-14(16-10)17-21(19,20)9-12-4-2-3-11(7-12)8-18/h2-7,18H,8-9H2,1H3,(H,16,17). The molecule has 2 rings (SSSR count). The zero-order valence-electron chi connectivity index (χ0n) is 11.4. The quantitative estimate of drug-likeness (QED) is 0.847. The van der Waals surface area contributed by atoms with Crippen molar-refractivity contribution in [1.82, 2.24) is 4.98 Å². The summed E-state index contributed by atoms with van der Waals surface area (Å²) in [5.74, 6) is 0.117. The van der Waals surface area contributed by atoms with Crippen molar-refractivity contribution in [2.75, 3.05) is 4.72 Å². The number of nitrogens with one attached hydrogen (secondary N) is 1. The monoisotopic (exact) mass is 370 g/mol. The lowest BCUT2D eigenvalue weighted by Gasteiger charge is -2.09. The number of sulfonamides is 1. The summed E-state index contributed by atoms with van der Waals surface area (Å²) >= 11 is 3.32. The van der Waals surface area contributed by atoms with Gasteiger partial charge in [-0.25, -0.2) is 13.4 Å². The molecule has 0 atom stereocenters. The molecule has 0 saturated carbocycles. The van der Waals surface area contributed by atoms with E-state index < -0.39 is 10.0 Å². The van der Waals surface area contributed by atoms with Gasteiger partial charge >= 0.3 is 0 Å². The summed E-state index contributed by atoms with van der Waals surface area (Å²) in [7, 11) is -3.55. The molecule has 2 aromatic rings. The molecule has 21 heavy (non-hydrogen) atoms. The fourth-order valence-corrected chi connectivity index (χ4v) is 3.18. The van der Waals surface area contributed by atoms with E-state index in [2.05, 4.69) is 25.6 Å². The molecule has 0 fully saturated rings. The number of pyridine rings is 1. The number of rotatable bonds is 5. The highest BCUT2D eigenvalue weighted by atomic mass is 79.9. The van der Waals surface area contributed by atoms with Crippen molar-refractivity contribution in [1.29, 1.82) is 0 Å². The average molecular weight is 371 g/mol. The molecule has 1 aromatic heterocycles. The van der Waals surface area contributed by atoms with Gasteiger partial charge in [-0.3, -0.25) is 4.72 Å². The average Bonchev–Trinajstić information content (AvgIpc) is 2.42. The molecule has 0 saturated heterocycles. The number of aryl methyl sites for hydroxylation is 1. The molecule has 0 bridgehead atoms. The minimum absolute atomic E-state index is 0.116. The van der Waals surface area contributed by atoms with E-state index in [0.29, 0.717) is 16.8 Å². The molecule has 0 amide bonds. The number of anilines is 1. The number of aliphatic hydroxyl groups excluding tert-OH is 1. The zero-order valence-corrected chi connectivity index (χ0v) is 13.8. The van der Waals surface area contributed by atoms with Gasteiger partial charge in [0.15, 0.2) is 0 Å². The Balaban J connectivity index is 2.16. The lowest BCUT2D eigenvalue weighted by atomic mass is 10.1. The summed E-state index contributed by atoms with van der Waals surface area (Å²) in [4.78, 5) is 4.16. The third kappa shape index (κ3) is 4.52. The number of hydrogen-bond donors (Lipinski definition) is 2. The third-order valence-electron chi connectivity index (χ3n) is 2.81. The fourth-order valence-electron chi connectivity index (χ4n) is 1.83. The lowest BCUT2D eigenvalue weighted by molar-refractivity contribution is 0.282. The van der Waals surface area contributed by atoms with Crippen LogP contribution in [0.4, 0.5) is 5.82 Å². The van der Waals surface area contributed by atoms with Crippen LogP contribution in [0, 0.1) is 6.92 Å². The van der Waals surface area contributed by atoms with Gasteiger partial charge in [-0.15, -0.1) is 0 Å². The largest absolute Gasteiger partial charge is 0.392 e. The number of hydrogen-bond acceptors (Lipinski definition) is 4. The summed E-state index contributed by atoms with van der Waals surface area (Å²) in [6.07, 6.45) is 0. The van der Waals surface area contributed by atoms with Crippen LogP contribution in [0.3, 0.4) is 0 Å². The van der Waals surface area contributed by atoms with E-state index in [0.717, 1.165) is 4.47 Å². The minimum atomic E-state index is -3.55. The van der Waals surface area contributed by atoms with Gasteiger partial charge in [0.05, 0.1) is 18.1 Å². The van der Waals surface area contributed by atoms with Crippen LogP contribution in [-0.2, 0) is 22.4 Å².